The van der Waals surface area contributed by atoms with Crippen molar-refractivity contribution in [2.45, 2.75) is 50.6 Å². The highest BCUT2D eigenvalue weighted by molar-refractivity contribution is 7.92. The molecule has 0 spiro atoms. The van der Waals surface area contributed by atoms with Crippen LogP contribution in [0.1, 0.15) is 38.7 Å². The zero-order chi connectivity index (χ0) is 29.1. The molecule has 214 valence electrons. The zero-order valence-corrected chi connectivity index (χ0v) is 24.6. The van der Waals surface area contributed by atoms with E-state index in [-0.39, 0.29) is 23.0 Å². The van der Waals surface area contributed by atoms with Crippen LogP contribution in [0.3, 0.4) is 0 Å². The maximum Gasteiger partial charge on any atom is 0.264 e. The molecule has 0 saturated heterocycles. The van der Waals surface area contributed by atoms with Gasteiger partial charge in [-0.3, -0.25) is 13.9 Å². The summed E-state index contributed by atoms with van der Waals surface area (Å²) in [5.74, 6) is -0.141. The van der Waals surface area contributed by atoms with Crippen molar-refractivity contribution in [2.24, 2.45) is 0 Å². The lowest BCUT2D eigenvalue weighted by Gasteiger charge is -2.33. The number of hydrogen-bond acceptors (Lipinski definition) is 5. The number of amides is 2. The van der Waals surface area contributed by atoms with Gasteiger partial charge in [0.2, 0.25) is 11.8 Å². The second-order valence-electron chi connectivity index (χ2n) is 9.24. The molecule has 3 rings (SSSR count). The lowest BCUT2D eigenvalue weighted by molar-refractivity contribution is -0.140. The zero-order valence-electron chi connectivity index (χ0n) is 23.0. The van der Waals surface area contributed by atoms with Gasteiger partial charge in [0.25, 0.3) is 10.0 Å². The number of methoxy groups -OCH3 is 1. The normalized spacial score (nSPS) is 11.9. The lowest BCUT2D eigenvalue weighted by atomic mass is 10.1. The van der Waals surface area contributed by atoms with Gasteiger partial charge in [0.1, 0.15) is 18.3 Å². The quantitative estimate of drug-likeness (QED) is 0.260. The minimum Gasteiger partial charge on any atom is -0.497 e. The van der Waals surface area contributed by atoms with E-state index >= 15 is 0 Å². The van der Waals surface area contributed by atoms with E-state index in [0.29, 0.717) is 23.7 Å². The average molecular weight is 586 g/mol. The number of unbranched alkanes of at least 4 members (excludes halogenated alkanes) is 1. The Hall–Kier alpha value is -3.56. The van der Waals surface area contributed by atoms with Crippen molar-refractivity contribution >= 4 is 39.1 Å². The van der Waals surface area contributed by atoms with Crippen LogP contribution in [0.25, 0.3) is 0 Å². The summed E-state index contributed by atoms with van der Waals surface area (Å²) in [6.07, 6.45) is 2.08. The van der Waals surface area contributed by atoms with E-state index in [0.717, 1.165) is 22.7 Å². The number of carbonyl (C=O) groups excluding carboxylic acids is 2. The second kappa shape index (κ2) is 14.7. The lowest BCUT2D eigenvalue weighted by Crippen LogP contribution is -2.52. The summed E-state index contributed by atoms with van der Waals surface area (Å²) in [7, 11) is -2.58. The third-order valence-electron chi connectivity index (χ3n) is 6.43. The summed E-state index contributed by atoms with van der Waals surface area (Å²) in [5.41, 5.74) is 1.02. The number of benzene rings is 3. The van der Waals surface area contributed by atoms with Crippen LogP contribution in [-0.2, 0) is 26.2 Å². The SMILES string of the molecule is CCCCNC(=O)C(CC)N(Cc1ccc(OC)cc1)C(=O)CN(c1cccc(Cl)c1)S(=O)(=O)c1ccccc1. The van der Waals surface area contributed by atoms with Crippen LogP contribution in [0.5, 0.6) is 5.75 Å². The summed E-state index contributed by atoms with van der Waals surface area (Å²) >= 11 is 6.21. The maximum atomic E-state index is 14.0. The molecule has 0 aliphatic rings. The number of hydrogen-bond donors (Lipinski definition) is 1. The average Bonchev–Trinajstić information content (AvgIpc) is 2.96. The topological polar surface area (TPSA) is 96.0 Å². The summed E-state index contributed by atoms with van der Waals surface area (Å²) in [4.78, 5) is 28.7. The molecule has 1 unspecified atom stereocenters. The summed E-state index contributed by atoms with van der Waals surface area (Å²) < 4.78 is 33.9. The van der Waals surface area contributed by atoms with Gasteiger partial charge < -0.3 is 15.0 Å². The van der Waals surface area contributed by atoms with Crippen LogP contribution in [0.15, 0.2) is 83.8 Å². The van der Waals surface area contributed by atoms with Crippen molar-refractivity contribution in [2.75, 3.05) is 24.5 Å². The molecule has 1 atom stereocenters. The molecular formula is C30H36ClN3O5S. The molecular weight excluding hydrogens is 550 g/mol. The van der Waals surface area contributed by atoms with Gasteiger partial charge in [-0.2, -0.15) is 0 Å². The molecule has 0 aliphatic heterocycles. The fourth-order valence-electron chi connectivity index (χ4n) is 4.23. The van der Waals surface area contributed by atoms with E-state index in [9.17, 15) is 18.0 Å². The first-order chi connectivity index (χ1) is 19.2. The van der Waals surface area contributed by atoms with Crippen LogP contribution < -0.4 is 14.4 Å². The number of anilines is 1. The van der Waals surface area contributed by atoms with Crippen molar-refractivity contribution in [3.05, 3.63) is 89.4 Å². The minimum atomic E-state index is -4.14. The first kappa shape index (κ1) is 31.0. The highest BCUT2D eigenvalue weighted by Gasteiger charge is 2.33. The van der Waals surface area contributed by atoms with Crippen molar-refractivity contribution in [3.63, 3.8) is 0 Å². The van der Waals surface area contributed by atoms with Crippen LogP contribution in [0, 0.1) is 0 Å². The van der Waals surface area contributed by atoms with E-state index in [1.54, 1.807) is 55.6 Å². The molecule has 0 bridgehead atoms. The van der Waals surface area contributed by atoms with E-state index in [4.69, 9.17) is 16.3 Å². The predicted molar refractivity (Wildman–Crippen MR) is 158 cm³/mol. The standard InChI is InChI=1S/C30H36ClN3O5S/c1-4-6-19-32-30(36)28(5-2)33(21-23-15-17-26(39-3)18-16-23)29(35)22-34(25-12-10-11-24(31)20-25)40(37,38)27-13-8-7-9-14-27/h7-18,20,28H,4-6,19,21-22H2,1-3H3,(H,32,36). The Labute approximate surface area is 241 Å². The number of rotatable bonds is 14. The molecule has 10 heteroatoms. The highest BCUT2D eigenvalue weighted by Crippen LogP contribution is 2.27. The van der Waals surface area contributed by atoms with Gasteiger partial charge in [0, 0.05) is 18.1 Å². The maximum absolute atomic E-state index is 14.0. The van der Waals surface area contributed by atoms with Gasteiger partial charge in [-0.1, -0.05) is 68.3 Å². The Balaban J connectivity index is 2.02. The Bertz CT molecular complexity index is 1370. The Morgan fingerprint density at radius 1 is 0.975 bits per heavy atom. The third kappa shape index (κ3) is 7.99. The molecule has 3 aromatic carbocycles. The van der Waals surface area contributed by atoms with Crippen molar-refractivity contribution < 1.29 is 22.7 Å². The van der Waals surface area contributed by atoms with Gasteiger partial charge >= 0.3 is 0 Å². The summed E-state index contributed by atoms with van der Waals surface area (Å²) in [6.45, 7) is 3.94. The molecule has 8 nitrogen and oxygen atoms in total. The van der Waals surface area contributed by atoms with Crippen LogP contribution in [0.2, 0.25) is 5.02 Å². The van der Waals surface area contributed by atoms with E-state index in [2.05, 4.69) is 5.32 Å². The van der Waals surface area contributed by atoms with Crippen LogP contribution in [0.4, 0.5) is 5.69 Å². The van der Waals surface area contributed by atoms with Crippen LogP contribution in [-0.4, -0.2) is 51.4 Å². The third-order valence-corrected chi connectivity index (χ3v) is 8.46. The fourth-order valence-corrected chi connectivity index (χ4v) is 5.84. The molecule has 0 radical (unpaired) electrons. The Morgan fingerprint density at radius 2 is 1.68 bits per heavy atom. The van der Waals surface area contributed by atoms with Gasteiger partial charge in [0.05, 0.1) is 17.7 Å². The first-order valence-corrected chi connectivity index (χ1v) is 15.1. The van der Waals surface area contributed by atoms with Gasteiger partial charge in [0.15, 0.2) is 0 Å². The van der Waals surface area contributed by atoms with Crippen molar-refractivity contribution in [1.82, 2.24) is 10.2 Å². The number of carbonyl (C=O) groups is 2. The van der Waals surface area contributed by atoms with E-state index < -0.39 is 28.5 Å². The molecule has 0 aliphatic carbocycles. The molecule has 3 aromatic rings. The number of sulfonamides is 1. The second-order valence-corrected chi connectivity index (χ2v) is 11.5. The molecule has 0 fully saturated rings. The van der Waals surface area contributed by atoms with E-state index in [1.807, 2.05) is 26.0 Å². The molecule has 40 heavy (non-hydrogen) atoms. The molecule has 1 N–H and O–H groups in total. The summed E-state index contributed by atoms with van der Waals surface area (Å²) in [5, 5.41) is 3.25. The molecule has 0 saturated carbocycles. The minimum absolute atomic E-state index is 0.0360. The summed E-state index contributed by atoms with van der Waals surface area (Å²) in [6, 6.07) is 20.6. The molecule has 0 heterocycles. The number of ether oxygens (including phenoxy) is 1. The number of halogens is 1. The van der Waals surface area contributed by atoms with Crippen LogP contribution >= 0.6 is 11.6 Å². The van der Waals surface area contributed by atoms with Gasteiger partial charge in [-0.25, -0.2) is 8.42 Å². The Kier molecular flexibility index (Phi) is 11.4. The number of nitrogens with zero attached hydrogens (tertiary/aromatic N) is 2. The first-order valence-electron chi connectivity index (χ1n) is 13.2. The Morgan fingerprint density at radius 3 is 2.27 bits per heavy atom. The van der Waals surface area contributed by atoms with E-state index in [1.165, 1.54) is 23.1 Å². The van der Waals surface area contributed by atoms with Gasteiger partial charge in [-0.05, 0) is 60.9 Å². The monoisotopic (exact) mass is 585 g/mol. The highest BCUT2D eigenvalue weighted by atomic mass is 35.5. The smallest absolute Gasteiger partial charge is 0.264 e. The van der Waals surface area contributed by atoms with Crippen molar-refractivity contribution in [1.29, 1.82) is 0 Å². The largest absolute Gasteiger partial charge is 0.497 e. The predicted octanol–water partition coefficient (Wildman–Crippen LogP) is 5.27. The number of nitrogens with one attached hydrogen (secondary N) is 1. The van der Waals surface area contributed by atoms with Crippen molar-refractivity contribution in [3.8, 4) is 5.75 Å². The fraction of sp³-hybridized carbons (Fsp3) is 0.333. The van der Waals surface area contributed by atoms with Gasteiger partial charge in [-0.15, -0.1) is 0 Å². The molecule has 0 aromatic heterocycles. The molecule has 2 amide bonds.